The number of ketones is 2. The van der Waals surface area contributed by atoms with E-state index < -0.39 is 0 Å². The van der Waals surface area contributed by atoms with Gasteiger partial charge in [-0.05, 0) is 13.0 Å². The Labute approximate surface area is 96.0 Å². The van der Waals surface area contributed by atoms with Gasteiger partial charge in [-0.3, -0.25) is 9.59 Å². The third kappa shape index (κ3) is 2.45. The number of rotatable bonds is 0. The molecule has 0 unspecified atom stereocenters. The van der Waals surface area contributed by atoms with Crippen molar-refractivity contribution in [3.8, 4) is 0 Å². The van der Waals surface area contributed by atoms with Gasteiger partial charge in [0.2, 0.25) is 0 Å². The number of benzene rings is 1. The minimum Gasteiger partial charge on any atom is -0.289 e. The molecule has 84 valence electrons. The van der Waals surface area contributed by atoms with Crippen LogP contribution in [-0.2, 0) is 0 Å². The maximum absolute atomic E-state index is 11.5. The van der Waals surface area contributed by atoms with E-state index in [0.717, 1.165) is 0 Å². The lowest BCUT2D eigenvalue weighted by Crippen LogP contribution is -2.14. The molecule has 1 aromatic rings. The molecule has 2 rings (SSSR count). The summed E-state index contributed by atoms with van der Waals surface area (Å²) in [5.74, 6) is -0.122. The highest BCUT2D eigenvalue weighted by Gasteiger charge is 2.21. The molecule has 0 fully saturated rings. The van der Waals surface area contributed by atoms with Gasteiger partial charge >= 0.3 is 0 Å². The summed E-state index contributed by atoms with van der Waals surface area (Å²) in [5.41, 5.74) is 1.55. The Morgan fingerprint density at radius 1 is 1.00 bits per heavy atom. The number of carbonyl (C=O) groups is 2. The van der Waals surface area contributed by atoms with Crippen LogP contribution in [0.5, 0.6) is 0 Å². The number of allylic oxidation sites excluding steroid dienone is 2. The molecule has 1 aliphatic carbocycles. The highest BCUT2D eigenvalue weighted by atomic mass is 16.1. The van der Waals surface area contributed by atoms with Crippen molar-refractivity contribution in [2.75, 3.05) is 0 Å². The first-order chi connectivity index (χ1) is 7.61. The van der Waals surface area contributed by atoms with Crippen molar-refractivity contribution in [2.24, 2.45) is 0 Å². The molecule has 2 heteroatoms. The van der Waals surface area contributed by atoms with Crippen molar-refractivity contribution < 1.29 is 9.59 Å². The first kappa shape index (κ1) is 12.4. The zero-order valence-electron chi connectivity index (χ0n) is 9.91. The van der Waals surface area contributed by atoms with Gasteiger partial charge in [-0.15, -0.1) is 0 Å². The zero-order valence-corrected chi connectivity index (χ0v) is 9.91. The van der Waals surface area contributed by atoms with E-state index in [1.807, 2.05) is 0 Å². The minimum absolute atomic E-state index is 0.0461. The van der Waals surface area contributed by atoms with Gasteiger partial charge in [-0.1, -0.05) is 44.5 Å². The fraction of sp³-hybridized carbons (Fsp3) is 0.286. The SMILES string of the molecule is CC1=CC(=O)c2ccccc2C1=O.CCC. The molecular weight excluding hydrogens is 200 g/mol. The largest absolute Gasteiger partial charge is 0.289 e. The fourth-order valence-corrected chi connectivity index (χ4v) is 1.45. The second kappa shape index (κ2) is 5.40. The van der Waals surface area contributed by atoms with E-state index >= 15 is 0 Å². The lowest BCUT2D eigenvalue weighted by atomic mass is 9.90. The van der Waals surface area contributed by atoms with Crippen LogP contribution in [0.3, 0.4) is 0 Å². The van der Waals surface area contributed by atoms with Crippen LogP contribution in [0, 0.1) is 0 Å². The van der Waals surface area contributed by atoms with Crippen molar-refractivity contribution in [1.82, 2.24) is 0 Å². The Kier molecular flexibility index (Phi) is 4.18. The summed E-state index contributed by atoms with van der Waals surface area (Å²) in [6.45, 7) is 5.91. The molecule has 16 heavy (non-hydrogen) atoms. The minimum atomic E-state index is -0.0762. The summed E-state index contributed by atoms with van der Waals surface area (Å²) in [4.78, 5) is 23.0. The van der Waals surface area contributed by atoms with Crippen LogP contribution in [0.1, 0.15) is 47.9 Å². The van der Waals surface area contributed by atoms with E-state index in [9.17, 15) is 9.59 Å². The lowest BCUT2D eigenvalue weighted by Gasteiger charge is -2.11. The number of carbonyl (C=O) groups excluding carboxylic acids is 2. The zero-order chi connectivity index (χ0) is 12.1. The molecule has 0 aliphatic heterocycles. The number of hydrogen-bond donors (Lipinski definition) is 0. The average Bonchev–Trinajstić information content (AvgIpc) is 2.27. The molecule has 0 radical (unpaired) electrons. The van der Waals surface area contributed by atoms with Crippen molar-refractivity contribution in [2.45, 2.75) is 27.2 Å². The van der Waals surface area contributed by atoms with Gasteiger partial charge in [-0.2, -0.15) is 0 Å². The van der Waals surface area contributed by atoms with Crippen molar-refractivity contribution >= 4 is 11.6 Å². The quantitative estimate of drug-likeness (QED) is 0.665. The Hall–Kier alpha value is -1.70. The van der Waals surface area contributed by atoms with E-state index in [-0.39, 0.29) is 11.6 Å². The normalized spacial score (nSPS) is 13.6. The Balaban J connectivity index is 0.000000386. The van der Waals surface area contributed by atoms with Crippen LogP contribution >= 0.6 is 0 Å². The average molecular weight is 216 g/mol. The van der Waals surface area contributed by atoms with Crippen LogP contribution in [0.4, 0.5) is 0 Å². The lowest BCUT2D eigenvalue weighted by molar-refractivity contribution is 0.0984. The molecule has 0 N–H and O–H groups in total. The number of hydrogen-bond acceptors (Lipinski definition) is 2. The molecule has 1 aromatic carbocycles. The monoisotopic (exact) mass is 216 g/mol. The maximum Gasteiger partial charge on any atom is 0.189 e. The summed E-state index contributed by atoms with van der Waals surface area (Å²) in [6.07, 6.45) is 2.64. The van der Waals surface area contributed by atoms with Gasteiger partial charge in [0, 0.05) is 16.7 Å². The molecule has 0 amide bonds. The van der Waals surface area contributed by atoms with Crippen molar-refractivity contribution in [1.29, 1.82) is 0 Å². The Morgan fingerprint density at radius 2 is 1.50 bits per heavy atom. The van der Waals surface area contributed by atoms with Gasteiger partial charge < -0.3 is 0 Å². The van der Waals surface area contributed by atoms with E-state index in [0.29, 0.717) is 16.7 Å². The summed E-state index contributed by atoms with van der Waals surface area (Å²) < 4.78 is 0. The van der Waals surface area contributed by atoms with Crippen LogP contribution in [0.25, 0.3) is 0 Å². The third-order valence-electron chi connectivity index (χ3n) is 2.14. The number of fused-ring (bicyclic) bond motifs is 1. The van der Waals surface area contributed by atoms with Crippen molar-refractivity contribution in [3.05, 3.63) is 47.0 Å². The second-order valence-corrected chi connectivity index (χ2v) is 3.77. The van der Waals surface area contributed by atoms with Crippen LogP contribution < -0.4 is 0 Å². The molecule has 0 aromatic heterocycles. The summed E-state index contributed by atoms with van der Waals surface area (Å²) in [6, 6.07) is 6.89. The second-order valence-electron chi connectivity index (χ2n) is 3.77. The molecule has 0 heterocycles. The van der Waals surface area contributed by atoms with Crippen molar-refractivity contribution in [3.63, 3.8) is 0 Å². The summed E-state index contributed by atoms with van der Waals surface area (Å²) >= 11 is 0. The van der Waals surface area contributed by atoms with Crippen LogP contribution in [-0.4, -0.2) is 11.6 Å². The number of Topliss-reactive ketones (excluding diaryl/α,β-unsaturated/α-hetero) is 1. The van der Waals surface area contributed by atoms with Gasteiger partial charge in [0.05, 0.1) is 0 Å². The third-order valence-corrected chi connectivity index (χ3v) is 2.14. The molecule has 0 spiro atoms. The highest BCUT2D eigenvalue weighted by molar-refractivity contribution is 6.24. The van der Waals surface area contributed by atoms with E-state index in [1.54, 1.807) is 31.2 Å². The molecule has 2 nitrogen and oxygen atoms in total. The van der Waals surface area contributed by atoms with Gasteiger partial charge in [0.15, 0.2) is 11.6 Å². The predicted molar refractivity (Wildman–Crippen MR) is 64.8 cm³/mol. The van der Waals surface area contributed by atoms with E-state index in [2.05, 4.69) is 13.8 Å². The van der Waals surface area contributed by atoms with Gasteiger partial charge in [-0.25, -0.2) is 0 Å². The Morgan fingerprint density at radius 3 is 2.06 bits per heavy atom. The highest BCUT2D eigenvalue weighted by Crippen LogP contribution is 2.20. The molecule has 0 atom stereocenters. The van der Waals surface area contributed by atoms with E-state index in [1.165, 1.54) is 12.5 Å². The Bertz CT molecular complexity index is 442. The smallest absolute Gasteiger partial charge is 0.189 e. The maximum atomic E-state index is 11.5. The summed E-state index contributed by atoms with van der Waals surface area (Å²) in [5, 5.41) is 0. The topological polar surface area (TPSA) is 34.1 Å². The molecular formula is C14H16O2. The van der Waals surface area contributed by atoms with Gasteiger partial charge in [0.1, 0.15) is 0 Å². The van der Waals surface area contributed by atoms with Gasteiger partial charge in [0.25, 0.3) is 0 Å². The van der Waals surface area contributed by atoms with Crippen LogP contribution in [0.2, 0.25) is 0 Å². The molecule has 1 aliphatic rings. The first-order valence-electron chi connectivity index (χ1n) is 5.48. The summed E-state index contributed by atoms with van der Waals surface area (Å²) in [7, 11) is 0. The van der Waals surface area contributed by atoms with Crippen LogP contribution in [0.15, 0.2) is 35.9 Å². The first-order valence-corrected chi connectivity index (χ1v) is 5.48. The molecule has 0 saturated carbocycles. The molecule has 0 saturated heterocycles. The fourth-order valence-electron chi connectivity index (χ4n) is 1.45. The standard InChI is InChI=1S/C11H8O2.C3H8/c1-7-6-10(12)8-4-2-3-5-9(8)11(7)13;1-3-2/h2-6H,1H3;3H2,1-2H3. The predicted octanol–water partition coefficient (Wildman–Crippen LogP) is 3.43. The molecule has 0 bridgehead atoms. The van der Waals surface area contributed by atoms with E-state index in [4.69, 9.17) is 0 Å².